The Morgan fingerprint density at radius 3 is 2.59 bits per heavy atom. The van der Waals surface area contributed by atoms with Crippen LogP contribution in [-0.4, -0.2) is 37.0 Å². The minimum absolute atomic E-state index is 0.00750. The van der Waals surface area contributed by atoms with Crippen LogP contribution in [0.5, 0.6) is 5.75 Å². The van der Waals surface area contributed by atoms with Gasteiger partial charge in [0.15, 0.2) is 0 Å². The van der Waals surface area contributed by atoms with Crippen molar-refractivity contribution in [2.45, 2.75) is 25.9 Å². The first-order valence-electron chi connectivity index (χ1n) is 8.26. The average Bonchev–Trinajstić information content (AvgIpc) is 3.20. The van der Waals surface area contributed by atoms with Crippen molar-refractivity contribution in [3.8, 4) is 5.75 Å². The monoisotopic (exact) mass is 372 g/mol. The van der Waals surface area contributed by atoms with E-state index in [-0.39, 0.29) is 12.3 Å². The van der Waals surface area contributed by atoms with Gasteiger partial charge in [0, 0.05) is 0 Å². The Labute approximate surface area is 156 Å². The van der Waals surface area contributed by atoms with E-state index in [4.69, 9.17) is 9.15 Å². The van der Waals surface area contributed by atoms with Crippen molar-refractivity contribution in [2.75, 3.05) is 14.2 Å². The van der Waals surface area contributed by atoms with Crippen LogP contribution in [0.3, 0.4) is 0 Å². The quantitative estimate of drug-likeness (QED) is 0.639. The predicted octanol–water partition coefficient (Wildman–Crippen LogP) is 2.35. The van der Waals surface area contributed by atoms with E-state index in [9.17, 15) is 14.4 Å². The standard InChI is InChI=1S/C19H20N2O6/c1-11-9-12(5-7-14(11)25-3)19(2)17(23)21(18(24)20-19)10-13-6-8-15(27-13)16(22)26-4/h5-9H,10H2,1-4H3,(H,20,24). The van der Waals surface area contributed by atoms with Gasteiger partial charge in [-0.2, -0.15) is 0 Å². The number of benzene rings is 1. The number of ether oxygens (including phenoxy) is 2. The molecule has 3 amide bonds. The maximum absolute atomic E-state index is 13.0. The molecule has 1 N–H and O–H groups in total. The molecular weight excluding hydrogens is 352 g/mol. The van der Waals surface area contributed by atoms with E-state index in [0.29, 0.717) is 17.1 Å². The lowest BCUT2D eigenvalue weighted by Gasteiger charge is -2.23. The summed E-state index contributed by atoms with van der Waals surface area (Å²) >= 11 is 0. The van der Waals surface area contributed by atoms with Gasteiger partial charge >= 0.3 is 12.0 Å². The van der Waals surface area contributed by atoms with Gasteiger partial charge in [-0.1, -0.05) is 6.07 Å². The number of nitrogens with one attached hydrogen (secondary N) is 1. The van der Waals surface area contributed by atoms with Crippen LogP contribution in [0.2, 0.25) is 0 Å². The predicted molar refractivity (Wildman–Crippen MR) is 94.2 cm³/mol. The third kappa shape index (κ3) is 3.14. The first kappa shape index (κ1) is 18.5. The molecule has 2 heterocycles. The number of methoxy groups -OCH3 is 2. The average molecular weight is 372 g/mol. The number of nitrogens with zero attached hydrogens (tertiary/aromatic N) is 1. The van der Waals surface area contributed by atoms with Crippen molar-refractivity contribution in [1.82, 2.24) is 10.2 Å². The highest BCUT2D eigenvalue weighted by molar-refractivity contribution is 6.07. The van der Waals surface area contributed by atoms with Gasteiger partial charge in [-0.3, -0.25) is 9.69 Å². The van der Waals surface area contributed by atoms with Gasteiger partial charge in [-0.05, 0) is 49.2 Å². The van der Waals surface area contributed by atoms with E-state index in [0.717, 1.165) is 10.5 Å². The number of hydrogen-bond acceptors (Lipinski definition) is 6. The second-order valence-corrected chi connectivity index (χ2v) is 6.39. The molecule has 2 aromatic rings. The fourth-order valence-corrected chi connectivity index (χ4v) is 3.05. The van der Waals surface area contributed by atoms with Crippen LogP contribution in [0.25, 0.3) is 0 Å². The van der Waals surface area contributed by atoms with Gasteiger partial charge in [-0.15, -0.1) is 0 Å². The summed E-state index contributed by atoms with van der Waals surface area (Å²) in [4.78, 5) is 37.9. The van der Waals surface area contributed by atoms with Gasteiger partial charge in [0.2, 0.25) is 5.76 Å². The van der Waals surface area contributed by atoms with Crippen LogP contribution in [0.15, 0.2) is 34.7 Å². The molecule has 0 bridgehead atoms. The van der Waals surface area contributed by atoms with Crippen LogP contribution >= 0.6 is 0 Å². The third-order valence-corrected chi connectivity index (χ3v) is 4.61. The third-order valence-electron chi connectivity index (χ3n) is 4.61. The van der Waals surface area contributed by atoms with Crippen molar-refractivity contribution in [3.05, 3.63) is 53.0 Å². The van der Waals surface area contributed by atoms with E-state index in [1.165, 1.54) is 19.2 Å². The molecule has 0 aliphatic carbocycles. The van der Waals surface area contributed by atoms with Crippen molar-refractivity contribution in [2.24, 2.45) is 0 Å². The highest BCUT2D eigenvalue weighted by Gasteiger charge is 2.49. The number of furan rings is 1. The lowest BCUT2D eigenvalue weighted by atomic mass is 9.90. The Morgan fingerprint density at radius 2 is 1.96 bits per heavy atom. The van der Waals surface area contributed by atoms with E-state index < -0.39 is 23.4 Å². The largest absolute Gasteiger partial charge is 0.496 e. The molecule has 27 heavy (non-hydrogen) atoms. The summed E-state index contributed by atoms with van der Waals surface area (Å²) in [5.41, 5.74) is 0.299. The van der Waals surface area contributed by atoms with Crippen molar-refractivity contribution in [1.29, 1.82) is 0 Å². The lowest BCUT2D eigenvalue weighted by Crippen LogP contribution is -2.40. The van der Waals surface area contributed by atoms with Crippen LogP contribution in [0.4, 0.5) is 4.79 Å². The molecule has 0 spiro atoms. The molecule has 1 saturated heterocycles. The number of esters is 1. The Bertz CT molecular complexity index is 919. The molecule has 1 fully saturated rings. The zero-order valence-corrected chi connectivity index (χ0v) is 15.5. The second kappa shape index (κ2) is 6.79. The zero-order valence-electron chi connectivity index (χ0n) is 15.5. The van der Waals surface area contributed by atoms with Crippen LogP contribution in [0, 0.1) is 6.92 Å². The smallest absolute Gasteiger partial charge is 0.373 e. The number of rotatable bonds is 5. The van der Waals surface area contributed by atoms with Crippen molar-refractivity contribution in [3.63, 3.8) is 0 Å². The number of carbonyl (C=O) groups excluding carboxylic acids is 3. The molecule has 8 nitrogen and oxygen atoms in total. The minimum atomic E-state index is -1.20. The lowest BCUT2D eigenvalue weighted by molar-refractivity contribution is -0.131. The Balaban J connectivity index is 1.85. The zero-order chi connectivity index (χ0) is 19.8. The van der Waals surface area contributed by atoms with Crippen LogP contribution in [-0.2, 0) is 21.6 Å². The molecule has 1 unspecified atom stereocenters. The maximum atomic E-state index is 13.0. The number of imide groups is 1. The highest BCUT2D eigenvalue weighted by Crippen LogP contribution is 2.32. The molecule has 1 aliphatic heterocycles. The molecule has 1 atom stereocenters. The SMILES string of the molecule is COC(=O)c1ccc(CN2C(=O)NC(C)(c3ccc(OC)c(C)c3)C2=O)o1. The molecule has 1 aromatic carbocycles. The first-order valence-corrected chi connectivity index (χ1v) is 8.26. The first-order chi connectivity index (χ1) is 12.8. The van der Waals surface area contributed by atoms with Crippen LogP contribution < -0.4 is 10.1 Å². The van der Waals surface area contributed by atoms with E-state index in [1.807, 2.05) is 13.0 Å². The normalized spacial score (nSPS) is 19.2. The maximum Gasteiger partial charge on any atom is 0.373 e. The molecule has 8 heteroatoms. The van der Waals surface area contributed by atoms with E-state index in [1.54, 1.807) is 26.2 Å². The Kier molecular flexibility index (Phi) is 4.65. The number of urea groups is 1. The van der Waals surface area contributed by atoms with Crippen molar-refractivity contribution < 1.29 is 28.3 Å². The van der Waals surface area contributed by atoms with E-state index in [2.05, 4.69) is 10.1 Å². The van der Waals surface area contributed by atoms with Gasteiger partial charge in [0.25, 0.3) is 5.91 Å². The topological polar surface area (TPSA) is 98.1 Å². The molecule has 142 valence electrons. The minimum Gasteiger partial charge on any atom is -0.496 e. The molecule has 1 aromatic heterocycles. The number of hydrogen-bond donors (Lipinski definition) is 1. The highest BCUT2D eigenvalue weighted by atomic mass is 16.5. The number of carbonyl (C=O) groups is 3. The molecule has 3 rings (SSSR count). The summed E-state index contributed by atoms with van der Waals surface area (Å²) in [7, 11) is 2.81. The van der Waals surface area contributed by atoms with Crippen molar-refractivity contribution >= 4 is 17.9 Å². The summed E-state index contributed by atoms with van der Waals surface area (Å²) in [5.74, 6) is -0.0332. The summed E-state index contributed by atoms with van der Waals surface area (Å²) in [5, 5.41) is 2.74. The van der Waals surface area contributed by atoms with E-state index >= 15 is 0 Å². The summed E-state index contributed by atoms with van der Waals surface area (Å²) < 4.78 is 15.2. The molecule has 0 radical (unpaired) electrons. The number of aryl methyl sites for hydroxylation is 1. The van der Waals surface area contributed by atoms with Gasteiger partial charge in [0.1, 0.15) is 17.0 Å². The fourth-order valence-electron chi connectivity index (χ4n) is 3.05. The number of amides is 3. The summed E-state index contributed by atoms with van der Waals surface area (Å²) in [6.07, 6.45) is 0. The molecular formula is C19H20N2O6. The Hall–Kier alpha value is -3.29. The summed E-state index contributed by atoms with van der Waals surface area (Å²) in [6, 6.07) is 7.74. The molecule has 1 aliphatic rings. The fraction of sp³-hybridized carbons (Fsp3) is 0.316. The summed E-state index contributed by atoms with van der Waals surface area (Å²) in [6.45, 7) is 3.42. The van der Waals surface area contributed by atoms with Gasteiger partial charge in [0.05, 0.1) is 20.8 Å². The van der Waals surface area contributed by atoms with Gasteiger partial charge < -0.3 is 19.2 Å². The van der Waals surface area contributed by atoms with Crippen LogP contribution in [0.1, 0.15) is 34.4 Å². The van der Waals surface area contributed by atoms with Gasteiger partial charge in [-0.25, -0.2) is 9.59 Å². The molecule has 0 saturated carbocycles. The second-order valence-electron chi connectivity index (χ2n) is 6.39. The Morgan fingerprint density at radius 1 is 1.22 bits per heavy atom.